The van der Waals surface area contributed by atoms with Gasteiger partial charge in [0, 0.05) is 10.7 Å². The van der Waals surface area contributed by atoms with Crippen molar-refractivity contribution in [2.24, 2.45) is 0 Å². The summed E-state index contributed by atoms with van der Waals surface area (Å²) in [5.74, 6) is -0.537. The summed E-state index contributed by atoms with van der Waals surface area (Å²) in [6.45, 7) is 6.33. The fourth-order valence-corrected chi connectivity index (χ4v) is 2.97. The SMILES string of the molecule is CC(C)(C)c1ccc(NC(=O)C2=C(Cl)C(Cl)=CC(Cl)=CC2O)cc1. The fourth-order valence-electron chi connectivity index (χ4n) is 2.21. The molecule has 3 nitrogen and oxygen atoms in total. The van der Waals surface area contributed by atoms with Gasteiger partial charge in [-0.05, 0) is 35.3 Å². The molecule has 1 aliphatic rings. The number of anilines is 1. The van der Waals surface area contributed by atoms with E-state index in [-0.39, 0.29) is 26.1 Å². The normalized spacial score (nSPS) is 18.7. The average molecular weight is 387 g/mol. The van der Waals surface area contributed by atoms with Crippen LogP contribution < -0.4 is 5.32 Å². The minimum absolute atomic E-state index is 0.0196. The largest absolute Gasteiger partial charge is 0.384 e. The zero-order valence-corrected chi connectivity index (χ0v) is 15.8. The maximum absolute atomic E-state index is 12.5. The average Bonchev–Trinajstić information content (AvgIpc) is 2.55. The lowest BCUT2D eigenvalue weighted by Gasteiger charge is -2.19. The van der Waals surface area contributed by atoms with Crippen molar-refractivity contribution in [3.63, 3.8) is 0 Å². The molecule has 0 spiro atoms. The molecule has 1 atom stereocenters. The van der Waals surface area contributed by atoms with Gasteiger partial charge >= 0.3 is 0 Å². The summed E-state index contributed by atoms with van der Waals surface area (Å²) < 4.78 is 0. The molecule has 0 fully saturated rings. The number of rotatable bonds is 2. The molecule has 2 rings (SSSR count). The summed E-state index contributed by atoms with van der Waals surface area (Å²) in [6, 6.07) is 7.49. The Bertz CT molecular complexity index is 741. The summed E-state index contributed by atoms with van der Waals surface area (Å²) in [5, 5.41) is 13.1. The maximum Gasteiger partial charge on any atom is 0.256 e. The van der Waals surface area contributed by atoms with Gasteiger partial charge in [0.2, 0.25) is 0 Å². The molecule has 0 radical (unpaired) electrons. The van der Waals surface area contributed by atoms with E-state index < -0.39 is 12.0 Å². The lowest BCUT2D eigenvalue weighted by atomic mass is 9.87. The third kappa shape index (κ3) is 4.42. The first-order chi connectivity index (χ1) is 11.1. The van der Waals surface area contributed by atoms with Gasteiger partial charge in [-0.25, -0.2) is 0 Å². The minimum Gasteiger partial charge on any atom is -0.384 e. The molecule has 6 heteroatoms. The van der Waals surface area contributed by atoms with Crippen LogP contribution in [0.15, 0.2) is 57.1 Å². The molecule has 0 aliphatic heterocycles. The molecule has 0 aromatic heterocycles. The van der Waals surface area contributed by atoms with E-state index in [2.05, 4.69) is 26.1 Å². The third-order valence-corrected chi connectivity index (χ3v) is 4.61. The summed E-state index contributed by atoms with van der Waals surface area (Å²) >= 11 is 18.0. The minimum atomic E-state index is -1.24. The molecule has 128 valence electrons. The van der Waals surface area contributed by atoms with Gasteiger partial charge in [-0.1, -0.05) is 67.7 Å². The number of carbonyl (C=O) groups is 1. The number of carbonyl (C=O) groups excluding carboxylic acids is 1. The van der Waals surface area contributed by atoms with Crippen molar-refractivity contribution in [1.82, 2.24) is 0 Å². The van der Waals surface area contributed by atoms with Crippen LogP contribution in [0.1, 0.15) is 26.3 Å². The van der Waals surface area contributed by atoms with E-state index in [0.717, 1.165) is 5.56 Å². The van der Waals surface area contributed by atoms with E-state index in [1.807, 2.05) is 12.1 Å². The fraction of sp³-hybridized carbons (Fsp3) is 0.278. The Hall–Kier alpha value is -1.26. The van der Waals surface area contributed by atoms with Crippen LogP contribution in [0, 0.1) is 0 Å². The molecule has 0 saturated heterocycles. The molecule has 1 aliphatic carbocycles. The molecule has 1 aromatic rings. The Morgan fingerprint density at radius 3 is 2.25 bits per heavy atom. The van der Waals surface area contributed by atoms with E-state index in [1.165, 1.54) is 12.2 Å². The highest BCUT2D eigenvalue weighted by molar-refractivity contribution is 6.46. The highest BCUT2D eigenvalue weighted by atomic mass is 35.5. The van der Waals surface area contributed by atoms with E-state index in [0.29, 0.717) is 5.69 Å². The van der Waals surface area contributed by atoms with E-state index >= 15 is 0 Å². The van der Waals surface area contributed by atoms with E-state index in [4.69, 9.17) is 34.8 Å². The molecule has 2 N–H and O–H groups in total. The van der Waals surface area contributed by atoms with Crippen molar-refractivity contribution in [1.29, 1.82) is 0 Å². The number of aliphatic hydroxyl groups is 1. The van der Waals surface area contributed by atoms with Crippen molar-refractivity contribution in [3.8, 4) is 0 Å². The Labute approximate surface area is 156 Å². The van der Waals surface area contributed by atoms with Gasteiger partial charge in [-0.15, -0.1) is 0 Å². The van der Waals surface area contributed by atoms with Crippen LogP contribution in [0.4, 0.5) is 5.69 Å². The van der Waals surface area contributed by atoms with Crippen molar-refractivity contribution in [2.45, 2.75) is 32.3 Å². The second kappa shape index (κ2) is 7.32. The van der Waals surface area contributed by atoms with Crippen molar-refractivity contribution in [3.05, 3.63) is 62.7 Å². The summed E-state index contributed by atoms with van der Waals surface area (Å²) in [5.41, 5.74) is 1.71. The van der Waals surface area contributed by atoms with Crippen molar-refractivity contribution >= 4 is 46.4 Å². The predicted molar refractivity (Wildman–Crippen MR) is 101 cm³/mol. The molecule has 0 heterocycles. The quantitative estimate of drug-likeness (QED) is 0.748. The molecular weight excluding hydrogens is 369 g/mol. The number of aliphatic hydroxyl groups excluding tert-OH is 1. The highest BCUT2D eigenvalue weighted by Gasteiger charge is 2.25. The number of benzene rings is 1. The zero-order chi connectivity index (χ0) is 18.1. The zero-order valence-electron chi connectivity index (χ0n) is 13.5. The third-order valence-electron chi connectivity index (χ3n) is 3.58. The molecule has 24 heavy (non-hydrogen) atoms. The van der Waals surface area contributed by atoms with E-state index in [1.54, 1.807) is 12.1 Å². The topological polar surface area (TPSA) is 49.3 Å². The number of allylic oxidation sites excluding steroid dienone is 4. The molecule has 0 bridgehead atoms. The van der Waals surface area contributed by atoms with Crippen molar-refractivity contribution in [2.75, 3.05) is 5.32 Å². The van der Waals surface area contributed by atoms with E-state index in [9.17, 15) is 9.90 Å². The van der Waals surface area contributed by atoms with Gasteiger partial charge in [-0.2, -0.15) is 0 Å². The number of amides is 1. The lowest BCUT2D eigenvalue weighted by molar-refractivity contribution is -0.113. The van der Waals surface area contributed by atoms with Crippen LogP contribution in [-0.4, -0.2) is 17.1 Å². The Morgan fingerprint density at radius 1 is 1.12 bits per heavy atom. The van der Waals surface area contributed by atoms with Crippen LogP contribution in [0.25, 0.3) is 0 Å². The summed E-state index contributed by atoms with van der Waals surface area (Å²) in [4.78, 5) is 12.5. The van der Waals surface area contributed by atoms with Gasteiger partial charge in [0.25, 0.3) is 5.91 Å². The summed E-state index contributed by atoms with van der Waals surface area (Å²) in [6.07, 6.45) is 1.44. The van der Waals surface area contributed by atoms with Crippen LogP contribution in [-0.2, 0) is 10.2 Å². The first-order valence-electron chi connectivity index (χ1n) is 7.34. The Balaban J connectivity index is 2.26. The number of halogens is 3. The smallest absolute Gasteiger partial charge is 0.256 e. The Morgan fingerprint density at radius 2 is 1.71 bits per heavy atom. The molecule has 0 saturated carbocycles. The first-order valence-corrected chi connectivity index (χ1v) is 8.47. The van der Waals surface area contributed by atoms with Gasteiger partial charge < -0.3 is 10.4 Å². The molecule has 1 aromatic carbocycles. The highest BCUT2D eigenvalue weighted by Crippen LogP contribution is 2.31. The predicted octanol–water partition coefficient (Wildman–Crippen LogP) is 5.04. The van der Waals surface area contributed by atoms with Gasteiger partial charge in [0.15, 0.2) is 0 Å². The standard InChI is InChI=1S/C18H18Cl3NO2/c1-18(2,3)10-4-6-12(7-5-10)22-17(24)15-14(23)9-11(19)8-13(20)16(15)21/h4-9,14,23H,1-3H3,(H,22,24). The number of nitrogens with one attached hydrogen (secondary N) is 1. The van der Waals surface area contributed by atoms with Crippen LogP contribution in [0.2, 0.25) is 0 Å². The van der Waals surface area contributed by atoms with Gasteiger partial charge in [-0.3, -0.25) is 4.79 Å². The van der Waals surface area contributed by atoms with Crippen LogP contribution in [0.5, 0.6) is 0 Å². The van der Waals surface area contributed by atoms with Gasteiger partial charge in [0.1, 0.15) is 6.10 Å². The summed E-state index contributed by atoms with van der Waals surface area (Å²) in [7, 11) is 0. The number of hydrogen-bond donors (Lipinski definition) is 2. The van der Waals surface area contributed by atoms with Crippen LogP contribution in [0.3, 0.4) is 0 Å². The number of hydrogen-bond acceptors (Lipinski definition) is 2. The molecule has 1 unspecified atom stereocenters. The van der Waals surface area contributed by atoms with Crippen molar-refractivity contribution < 1.29 is 9.90 Å². The maximum atomic E-state index is 12.5. The molecular formula is C18H18Cl3NO2. The second-order valence-electron chi connectivity index (χ2n) is 6.50. The monoisotopic (exact) mass is 385 g/mol. The second-order valence-corrected chi connectivity index (χ2v) is 7.72. The van der Waals surface area contributed by atoms with Gasteiger partial charge in [0.05, 0.1) is 15.6 Å². The first kappa shape index (κ1) is 19.1. The Kier molecular flexibility index (Phi) is 5.82. The van der Waals surface area contributed by atoms with Crippen LogP contribution >= 0.6 is 34.8 Å². The molecule has 1 amide bonds. The lowest BCUT2D eigenvalue weighted by Crippen LogP contribution is -2.23.